The number of benzene rings is 1. The number of imide groups is 1. The van der Waals surface area contributed by atoms with Gasteiger partial charge in [-0.2, -0.15) is 0 Å². The molecule has 0 unspecified atom stereocenters. The van der Waals surface area contributed by atoms with Crippen molar-refractivity contribution in [3.63, 3.8) is 0 Å². The Hall–Kier alpha value is -3.04. The summed E-state index contributed by atoms with van der Waals surface area (Å²) < 4.78 is 28.2. The molecule has 0 fully saturated rings. The molecule has 5 rings (SSSR count). The maximum atomic E-state index is 13.3. The van der Waals surface area contributed by atoms with E-state index in [4.69, 9.17) is 0 Å². The number of para-hydroxylation sites is 1. The molecular formula is C21H17N3O4S2. The van der Waals surface area contributed by atoms with Crippen LogP contribution in [-0.2, 0) is 23.0 Å². The topological polar surface area (TPSA) is 87.6 Å². The number of amides is 2. The van der Waals surface area contributed by atoms with Crippen LogP contribution >= 0.6 is 11.3 Å². The first-order valence-corrected chi connectivity index (χ1v) is 11.7. The normalized spacial score (nSPS) is 16.0. The smallest absolute Gasteiger partial charge is 0.268 e. The third-order valence-electron chi connectivity index (χ3n) is 5.29. The number of rotatable bonds is 4. The Balaban J connectivity index is 1.42. The minimum absolute atomic E-state index is 0.0187. The van der Waals surface area contributed by atoms with E-state index in [1.807, 2.05) is 24.3 Å². The molecule has 0 spiro atoms. The minimum atomic E-state index is -3.72. The molecule has 0 saturated heterocycles. The third-order valence-corrected chi connectivity index (χ3v) is 8.64. The summed E-state index contributed by atoms with van der Waals surface area (Å²) in [6.45, 7) is 0.446. The highest BCUT2D eigenvalue weighted by Crippen LogP contribution is 2.34. The molecule has 0 aliphatic carbocycles. The molecule has 0 N–H and O–H groups in total. The summed E-state index contributed by atoms with van der Waals surface area (Å²) in [4.78, 5) is 30.8. The zero-order valence-electron chi connectivity index (χ0n) is 15.8. The van der Waals surface area contributed by atoms with Gasteiger partial charge in [-0.1, -0.05) is 18.2 Å². The predicted molar refractivity (Wildman–Crippen MR) is 112 cm³/mol. The van der Waals surface area contributed by atoms with E-state index < -0.39 is 21.8 Å². The Morgan fingerprint density at radius 1 is 1.00 bits per heavy atom. The molecule has 0 radical (unpaired) electrons. The Kier molecular flexibility index (Phi) is 4.44. The average molecular weight is 440 g/mol. The van der Waals surface area contributed by atoms with Crippen LogP contribution in [0.1, 0.15) is 37.7 Å². The van der Waals surface area contributed by atoms with Gasteiger partial charge in [0.2, 0.25) is 0 Å². The molecule has 2 aliphatic heterocycles. The van der Waals surface area contributed by atoms with Crippen molar-refractivity contribution >= 4 is 38.9 Å². The van der Waals surface area contributed by atoms with Gasteiger partial charge in [0.1, 0.15) is 9.90 Å². The number of carbonyl (C=O) groups is 2. The molecule has 0 bridgehead atoms. The zero-order valence-corrected chi connectivity index (χ0v) is 17.4. The van der Waals surface area contributed by atoms with Crippen molar-refractivity contribution in [2.24, 2.45) is 0 Å². The first-order valence-electron chi connectivity index (χ1n) is 9.47. The number of sulfonamides is 1. The van der Waals surface area contributed by atoms with E-state index in [2.05, 4.69) is 4.98 Å². The van der Waals surface area contributed by atoms with Crippen LogP contribution in [0.15, 0.2) is 58.9 Å². The highest BCUT2D eigenvalue weighted by Gasteiger charge is 2.37. The number of hydrogen-bond acceptors (Lipinski definition) is 6. The van der Waals surface area contributed by atoms with Gasteiger partial charge < -0.3 is 0 Å². The van der Waals surface area contributed by atoms with E-state index in [9.17, 15) is 18.0 Å². The number of hydrogen-bond donors (Lipinski definition) is 0. The van der Waals surface area contributed by atoms with E-state index in [1.165, 1.54) is 10.5 Å². The van der Waals surface area contributed by atoms with Gasteiger partial charge in [0.05, 0.1) is 17.8 Å². The summed E-state index contributed by atoms with van der Waals surface area (Å²) >= 11 is 1.08. The summed E-state index contributed by atoms with van der Waals surface area (Å²) in [5.74, 6) is -0.871. The van der Waals surface area contributed by atoms with Crippen molar-refractivity contribution in [3.05, 3.63) is 76.4 Å². The Bertz CT molecular complexity index is 1250. The van der Waals surface area contributed by atoms with Gasteiger partial charge in [-0.15, -0.1) is 11.3 Å². The van der Waals surface area contributed by atoms with Gasteiger partial charge in [0.25, 0.3) is 21.8 Å². The van der Waals surface area contributed by atoms with Crippen LogP contribution in [-0.4, -0.2) is 36.7 Å². The van der Waals surface area contributed by atoms with Crippen molar-refractivity contribution in [1.29, 1.82) is 0 Å². The number of aromatic nitrogens is 1. The molecule has 30 heavy (non-hydrogen) atoms. The second-order valence-corrected chi connectivity index (χ2v) is 10.4. The van der Waals surface area contributed by atoms with Crippen molar-refractivity contribution in [3.8, 4) is 0 Å². The lowest BCUT2D eigenvalue weighted by Crippen LogP contribution is -2.35. The molecule has 4 heterocycles. The van der Waals surface area contributed by atoms with Crippen molar-refractivity contribution in [2.45, 2.75) is 23.6 Å². The molecule has 0 saturated carbocycles. The van der Waals surface area contributed by atoms with Crippen LogP contribution in [0.5, 0.6) is 0 Å². The van der Waals surface area contributed by atoms with Gasteiger partial charge in [-0.3, -0.25) is 23.8 Å². The fraction of sp³-hybridized carbons (Fsp3) is 0.190. The molecule has 2 amide bonds. The molecule has 3 aromatic rings. The number of aryl methyl sites for hydroxylation is 1. The van der Waals surface area contributed by atoms with Crippen LogP contribution in [0, 0.1) is 0 Å². The lowest BCUT2D eigenvalue weighted by molar-refractivity contribution is 0.0642. The van der Waals surface area contributed by atoms with E-state index in [-0.39, 0.29) is 22.0 Å². The molecule has 2 aromatic heterocycles. The summed E-state index contributed by atoms with van der Waals surface area (Å²) in [6, 6.07) is 13.9. The van der Waals surface area contributed by atoms with Gasteiger partial charge in [-0.25, -0.2) is 8.42 Å². The maximum absolute atomic E-state index is 13.3. The highest BCUT2D eigenvalue weighted by molar-refractivity contribution is 7.94. The number of anilines is 1. The molecule has 1 aromatic carbocycles. The lowest BCUT2D eigenvalue weighted by Gasteiger charge is -2.29. The first-order chi connectivity index (χ1) is 14.5. The largest absolute Gasteiger partial charge is 0.280 e. The SMILES string of the molecule is O=C1c2cccnc2C(=O)N1Cc1ccc(S(=O)(=O)N2CCCc3ccccc32)s1. The van der Waals surface area contributed by atoms with E-state index in [0.717, 1.165) is 34.6 Å². The van der Waals surface area contributed by atoms with Crippen LogP contribution in [0.4, 0.5) is 5.69 Å². The molecule has 2 aliphatic rings. The summed E-state index contributed by atoms with van der Waals surface area (Å²) in [7, 11) is -3.72. The predicted octanol–water partition coefficient (Wildman–Crippen LogP) is 3.08. The fourth-order valence-electron chi connectivity index (χ4n) is 3.85. The standard InChI is InChI=1S/C21H17N3O4S2/c25-20-16-7-3-11-22-19(16)21(26)23(20)13-15-9-10-18(29-15)30(27,28)24-12-4-6-14-5-1-2-8-17(14)24/h1-3,5,7-11H,4,6,12-13H2. The highest BCUT2D eigenvalue weighted by atomic mass is 32.2. The molecule has 152 valence electrons. The van der Waals surface area contributed by atoms with Crippen molar-refractivity contribution in [2.75, 3.05) is 10.8 Å². The van der Waals surface area contributed by atoms with Crippen LogP contribution in [0.25, 0.3) is 0 Å². The molecular weight excluding hydrogens is 422 g/mol. The Labute approximate surface area is 177 Å². The number of nitrogens with zero attached hydrogens (tertiary/aromatic N) is 3. The van der Waals surface area contributed by atoms with Crippen molar-refractivity contribution < 1.29 is 18.0 Å². The second-order valence-electron chi connectivity index (χ2n) is 7.13. The summed E-state index contributed by atoms with van der Waals surface area (Å²) in [5.41, 5.74) is 2.14. The fourth-order valence-corrected chi connectivity index (χ4v) is 6.85. The van der Waals surface area contributed by atoms with Gasteiger partial charge in [-0.05, 0) is 48.7 Å². The number of thiophene rings is 1. The monoisotopic (exact) mass is 439 g/mol. The van der Waals surface area contributed by atoms with Crippen LogP contribution in [0.2, 0.25) is 0 Å². The van der Waals surface area contributed by atoms with Crippen LogP contribution < -0.4 is 4.31 Å². The molecule has 7 nitrogen and oxygen atoms in total. The van der Waals surface area contributed by atoms with E-state index in [0.29, 0.717) is 17.1 Å². The first kappa shape index (κ1) is 19.0. The van der Waals surface area contributed by atoms with Gasteiger partial charge in [0.15, 0.2) is 0 Å². The number of pyridine rings is 1. The third kappa shape index (κ3) is 2.93. The molecule has 0 atom stereocenters. The Morgan fingerprint density at radius 2 is 1.83 bits per heavy atom. The quantitative estimate of drug-likeness (QED) is 0.583. The second kappa shape index (κ2) is 7.03. The summed E-state index contributed by atoms with van der Waals surface area (Å²) in [6.07, 6.45) is 3.09. The minimum Gasteiger partial charge on any atom is -0.268 e. The lowest BCUT2D eigenvalue weighted by atomic mass is 10.0. The van der Waals surface area contributed by atoms with Gasteiger partial charge >= 0.3 is 0 Å². The number of carbonyl (C=O) groups excluding carboxylic acids is 2. The van der Waals surface area contributed by atoms with Crippen LogP contribution in [0.3, 0.4) is 0 Å². The number of fused-ring (bicyclic) bond motifs is 2. The van der Waals surface area contributed by atoms with Gasteiger partial charge in [0, 0.05) is 17.6 Å². The molecule has 9 heteroatoms. The Morgan fingerprint density at radius 3 is 2.67 bits per heavy atom. The zero-order chi connectivity index (χ0) is 20.9. The summed E-state index contributed by atoms with van der Waals surface area (Å²) in [5, 5.41) is 0. The van der Waals surface area contributed by atoms with E-state index in [1.54, 1.807) is 24.3 Å². The average Bonchev–Trinajstić information content (AvgIpc) is 3.34. The van der Waals surface area contributed by atoms with Crippen molar-refractivity contribution in [1.82, 2.24) is 9.88 Å². The van der Waals surface area contributed by atoms with E-state index >= 15 is 0 Å². The maximum Gasteiger partial charge on any atom is 0.280 e.